The monoisotopic (exact) mass is 277 g/mol. The van der Waals surface area contributed by atoms with Gasteiger partial charge in [-0.05, 0) is 23.8 Å². The van der Waals surface area contributed by atoms with Crippen LogP contribution >= 0.6 is 11.8 Å². The molecule has 0 radical (unpaired) electrons. The Bertz CT molecular complexity index is 473. The van der Waals surface area contributed by atoms with E-state index in [1.54, 1.807) is 7.11 Å². The van der Waals surface area contributed by atoms with Crippen LogP contribution in [-0.4, -0.2) is 48.3 Å². The minimum absolute atomic E-state index is 0.105. The van der Waals surface area contributed by atoms with Crippen molar-refractivity contribution in [1.29, 1.82) is 0 Å². The van der Waals surface area contributed by atoms with Crippen molar-refractivity contribution in [2.24, 2.45) is 0 Å². The van der Waals surface area contributed by atoms with Crippen molar-refractivity contribution in [2.75, 3.05) is 38.3 Å². The average Bonchev–Trinajstić information content (AvgIpc) is 2.47. The summed E-state index contributed by atoms with van der Waals surface area (Å²) in [6, 6.07) is 5.93. The van der Waals surface area contributed by atoms with Gasteiger partial charge in [0.15, 0.2) is 0 Å². The van der Waals surface area contributed by atoms with E-state index in [9.17, 15) is 0 Å². The molecule has 0 unspecified atom stereocenters. The van der Waals surface area contributed by atoms with E-state index in [1.165, 1.54) is 17.1 Å². The van der Waals surface area contributed by atoms with Gasteiger partial charge < -0.3 is 9.84 Å². The molecule has 3 nitrogen and oxygen atoms in total. The van der Waals surface area contributed by atoms with Crippen LogP contribution in [0.25, 0.3) is 0 Å². The summed E-state index contributed by atoms with van der Waals surface area (Å²) >= 11 is 2.01. The van der Waals surface area contributed by atoms with Gasteiger partial charge in [0.1, 0.15) is 12.4 Å². The van der Waals surface area contributed by atoms with Crippen molar-refractivity contribution in [1.82, 2.24) is 4.90 Å². The van der Waals surface area contributed by atoms with E-state index in [2.05, 4.69) is 16.7 Å². The molecule has 2 rings (SSSR count). The molecule has 1 fully saturated rings. The third-order valence-electron chi connectivity index (χ3n) is 3.11. The largest absolute Gasteiger partial charge is 0.497 e. The fourth-order valence-electron chi connectivity index (χ4n) is 2.08. The van der Waals surface area contributed by atoms with E-state index in [0.29, 0.717) is 0 Å². The van der Waals surface area contributed by atoms with Crippen molar-refractivity contribution < 1.29 is 9.84 Å². The molecule has 0 aromatic heterocycles. The molecule has 1 aromatic rings. The Labute approximate surface area is 118 Å². The van der Waals surface area contributed by atoms with Crippen LogP contribution in [0.15, 0.2) is 18.2 Å². The van der Waals surface area contributed by atoms with Crippen molar-refractivity contribution >= 4 is 11.8 Å². The quantitative estimate of drug-likeness (QED) is 0.851. The van der Waals surface area contributed by atoms with Crippen LogP contribution in [0.5, 0.6) is 5.75 Å². The van der Waals surface area contributed by atoms with Crippen LogP contribution in [0.2, 0.25) is 0 Å². The van der Waals surface area contributed by atoms with Gasteiger partial charge in [-0.25, -0.2) is 0 Å². The normalized spacial score (nSPS) is 15.7. The zero-order valence-electron chi connectivity index (χ0n) is 11.2. The van der Waals surface area contributed by atoms with Gasteiger partial charge in [0.2, 0.25) is 0 Å². The van der Waals surface area contributed by atoms with Crippen molar-refractivity contribution in [2.45, 2.75) is 6.54 Å². The molecule has 102 valence electrons. The third-order valence-corrected chi connectivity index (χ3v) is 4.05. The molecule has 0 spiro atoms. The van der Waals surface area contributed by atoms with E-state index in [-0.39, 0.29) is 6.61 Å². The first-order chi connectivity index (χ1) is 9.33. The summed E-state index contributed by atoms with van der Waals surface area (Å²) in [6.07, 6.45) is 0. The number of methoxy groups -OCH3 is 1. The molecule has 1 aliphatic rings. The zero-order valence-corrected chi connectivity index (χ0v) is 12.0. The Hall–Kier alpha value is -1.15. The fraction of sp³-hybridized carbons (Fsp3) is 0.467. The number of nitrogens with zero attached hydrogens (tertiary/aromatic N) is 1. The molecular weight excluding hydrogens is 258 g/mol. The number of thioether (sulfide) groups is 1. The first-order valence-electron chi connectivity index (χ1n) is 6.40. The lowest BCUT2D eigenvalue weighted by Gasteiger charge is -2.26. The van der Waals surface area contributed by atoms with Gasteiger partial charge in [0.25, 0.3) is 0 Å². The lowest BCUT2D eigenvalue weighted by atomic mass is 10.1. The van der Waals surface area contributed by atoms with E-state index in [4.69, 9.17) is 9.84 Å². The van der Waals surface area contributed by atoms with Gasteiger partial charge in [0, 0.05) is 36.7 Å². The van der Waals surface area contributed by atoms with E-state index < -0.39 is 0 Å². The van der Waals surface area contributed by atoms with Crippen LogP contribution < -0.4 is 4.74 Å². The van der Waals surface area contributed by atoms with E-state index >= 15 is 0 Å². The first-order valence-corrected chi connectivity index (χ1v) is 7.55. The summed E-state index contributed by atoms with van der Waals surface area (Å²) in [5, 5.41) is 8.83. The molecule has 1 aliphatic heterocycles. The fourth-order valence-corrected chi connectivity index (χ4v) is 3.06. The summed E-state index contributed by atoms with van der Waals surface area (Å²) in [5.41, 5.74) is 2.15. The highest BCUT2D eigenvalue weighted by Gasteiger charge is 2.13. The maximum Gasteiger partial charge on any atom is 0.119 e. The number of hydrogen-bond donors (Lipinski definition) is 1. The number of aliphatic hydroxyl groups excluding tert-OH is 1. The number of benzene rings is 1. The van der Waals surface area contributed by atoms with Gasteiger partial charge in [-0.2, -0.15) is 11.8 Å². The predicted molar refractivity (Wildman–Crippen MR) is 79.6 cm³/mol. The molecule has 19 heavy (non-hydrogen) atoms. The van der Waals surface area contributed by atoms with E-state index in [1.807, 2.05) is 30.0 Å². The highest BCUT2D eigenvalue weighted by atomic mass is 32.2. The highest BCUT2D eigenvalue weighted by molar-refractivity contribution is 7.99. The molecule has 1 saturated heterocycles. The summed E-state index contributed by atoms with van der Waals surface area (Å²) < 4.78 is 5.28. The van der Waals surface area contributed by atoms with Gasteiger partial charge >= 0.3 is 0 Å². The van der Waals surface area contributed by atoms with Gasteiger partial charge in [0.05, 0.1) is 7.11 Å². The summed E-state index contributed by atoms with van der Waals surface area (Å²) in [5.74, 6) is 8.99. The summed E-state index contributed by atoms with van der Waals surface area (Å²) in [6.45, 7) is 3.03. The van der Waals surface area contributed by atoms with Crippen LogP contribution in [0, 0.1) is 11.8 Å². The molecule has 1 heterocycles. The van der Waals surface area contributed by atoms with Crippen molar-refractivity contribution in [3.8, 4) is 17.6 Å². The molecule has 0 amide bonds. The molecular formula is C15H19NO2S. The summed E-state index contributed by atoms with van der Waals surface area (Å²) in [4.78, 5) is 2.44. The average molecular weight is 277 g/mol. The maximum absolute atomic E-state index is 8.83. The lowest BCUT2D eigenvalue weighted by molar-refractivity contribution is 0.293. The number of ether oxygens (including phenoxy) is 1. The molecule has 0 bridgehead atoms. The number of rotatable bonds is 3. The minimum atomic E-state index is -0.105. The Morgan fingerprint density at radius 2 is 2.16 bits per heavy atom. The van der Waals surface area contributed by atoms with E-state index in [0.717, 1.165) is 30.9 Å². The van der Waals surface area contributed by atoms with Crippen LogP contribution in [-0.2, 0) is 6.54 Å². The minimum Gasteiger partial charge on any atom is -0.497 e. The topological polar surface area (TPSA) is 32.7 Å². The molecule has 1 aromatic carbocycles. The standard InChI is InChI=1S/C15H19NO2S/c1-18-15-5-4-13(3-2-8-17)14(11-15)12-16-6-9-19-10-7-16/h4-5,11,17H,6-10,12H2,1H3. The van der Waals surface area contributed by atoms with Crippen molar-refractivity contribution in [3.05, 3.63) is 29.3 Å². The Kier molecular flexibility index (Phi) is 5.59. The maximum atomic E-state index is 8.83. The number of aliphatic hydroxyl groups is 1. The SMILES string of the molecule is COc1ccc(C#CCO)c(CN2CCSCC2)c1. The van der Waals surface area contributed by atoms with Crippen LogP contribution in [0.4, 0.5) is 0 Å². The molecule has 0 saturated carbocycles. The second-order valence-corrected chi connectivity index (χ2v) is 5.60. The second kappa shape index (κ2) is 7.44. The third kappa shape index (κ3) is 4.17. The summed E-state index contributed by atoms with van der Waals surface area (Å²) in [7, 11) is 1.68. The Morgan fingerprint density at radius 1 is 1.37 bits per heavy atom. The zero-order chi connectivity index (χ0) is 13.5. The van der Waals surface area contributed by atoms with Gasteiger partial charge in [-0.3, -0.25) is 4.90 Å². The Morgan fingerprint density at radius 3 is 2.84 bits per heavy atom. The highest BCUT2D eigenvalue weighted by Crippen LogP contribution is 2.20. The predicted octanol–water partition coefficient (Wildman–Crippen LogP) is 1.59. The van der Waals surface area contributed by atoms with Crippen LogP contribution in [0.1, 0.15) is 11.1 Å². The van der Waals surface area contributed by atoms with Gasteiger partial charge in [-0.15, -0.1) is 0 Å². The molecule has 0 aliphatic carbocycles. The first kappa shape index (κ1) is 14.3. The second-order valence-electron chi connectivity index (χ2n) is 4.37. The van der Waals surface area contributed by atoms with Crippen molar-refractivity contribution in [3.63, 3.8) is 0 Å². The molecule has 1 N–H and O–H groups in total. The smallest absolute Gasteiger partial charge is 0.119 e. The van der Waals surface area contributed by atoms with Gasteiger partial charge in [-0.1, -0.05) is 11.8 Å². The van der Waals surface area contributed by atoms with Crippen LogP contribution in [0.3, 0.4) is 0 Å². The number of hydrogen-bond acceptors (Lipinski definition) is 4. The lowest BCUT2D eigenvalue weighted by Crippen LogP contribution is -2.32. The molecule has 4 heteroatoms. The molecule has 0 atom stereocenters. The Balaban J connectivity index is 2.18.